The first-order chi connectivity index (χ1) is 8.07. The number of nitrogens with zero attached hydrogens (tertiary/aromatic N) is 1. The van der Waals surface area contributed by atoms with Crippen molar-refractivity contribution in [1.29, 1.82) is 0 Å². The van der Waals surface area contributed by atoms with Crippen molar-refractivity contribution in [3.63, 3.8) is 0 Å². The number of rotatable bonds is 7. The summed E-state index contributed by atoms with van der Waals surface area (Å²) in [6.45, 7) is 11.8. The molecule has 1 atom stereocenters. The Bertz CT molecular complexity index is 206. The highest BCUT2D eigenvalue weighted by Crippen LogP contribution is 2.28. The van der Waals surface area contributed by atoms with Crippen LogP contribution in [0.1, 0.15) is 46.5 Å². The fourth-order valence-electron chi connectivity index (χ4n) is 2.77. The van der Waals surface area contributed by atoms with Crippen LogP contribution in [0, 0.1) is 5.41 Å². The normalized spacial score (nSPS) is 22.6. The topological polar surface area (TPSA) is 35.5 Å². The van der Waals surface area contributed by atoms with Gasteiger partial charge in [0.15, 0.2) is 0 Å². The van der Waals surface area contributed by atoms with Gasteiger partial charge in [0.05, 0.1) is 0 Å². The summed E-state index contributed by atoms with van der Waals surface area (Å²) in [7, 11) is 0. The number of hydrogen-bond donors (Lipinski definition) is 2. The molecule has 1 rings (SSSR count). The molecule has 3 nitrogen and oxygen atoms in total. The summed E-state index contributed by atoms with van der Waals surface area (Å²) in [6.07, 6.45) is 4.69. The zero-order valence-electron chi connectivity index (χ0n) is 11.8. The Labute approximate surface area is 107 Å². The average molecular weight is 242 g/mol. The second-order valence-electron chi connectivity index (χ2n) is 6.17. The lowest BCUT2D eigenvalue weighted by Crippen LogP contribution is -2.47. The van der Waals surface area contributed by atoms with E-state index in [4.69, 9.17) is 5.11 Å². The third-order valence-corrected chi connectivity index (χ3v) is 3.62. The van der Waals surface area contributed by atoms with E-state index in [0.717, 1.165) is 25.9 Å². The first kappa shape index (κ1) is 14.9. The minimum Gasteiger partial charge on any atom is -0.396 e. The zero-order valence-corrected chi connectivity index (χ0v) is 11.8. The first-order valence-corrected chi connectivity index (χ1v) is 7.14. The van der Waals surface area contributed by atoms with Crippen LogP contribution in [0.15, 0.2) is 0 Å². The first-order valence-electron chi connectivity index (χ1n) is 7.14. The highest BCUT2D eigenvalue weighted by atomic mass is 16.3. The van der Waals surface area contributed by atoms with Crippen molar-refractivity contribution in [3.05, 3.63) is 0 Å². The predicted molar refractivity (Wildman–Crippen MR) is 73.2 cm³/mol. The fourth-order valence-corrected chi connectivity index (χ4v) is 2.77. The summed E-state index contributed by atoms with van der Waals surface area (Å²) in [5.74, 6) is 0. The molecule has 0 aromatic carbocycles. The summed E-state index contributed by atoms with van der Waals surface area (Å²) >= 11 is 0. The highest BCUT2D eigenvalue weighted by Gasteiger charge is 2.27. The summed E-state index contributed by atoms with van der Waals surface area (Å²) in [5, 5.41) is 12.7. The molecule has 0 aliphatic carbocycles. The third kappa shape index (κ3) is 5.84. The second kappa shape index (κ2) is 7.34. The lowest BCUT2D eigenvalue weighted by molar-refractivity contribution is 0.103. The van der Waals surface area contributed by atoms with E-state index in [-0.39, 0.29) is 0 Å². The second-order valence-corrected chi connectivity index (χ2v) is 6.17. The number of hydrogen-bond acceptors (Lipinski definition) is 3. The van der Waals surface area contributed by atoms with E-state index in [9.17, 15) is 0 Å². The maximum absolute atomic E-state index is 9.11. The molecule has 0 bridgehead atoms. The van der Waals surface area contributed by atoms with Crippen molar-refractivity contribution < 1.29 is 5.11 Å². The average Bonchev–Trinajstić information content (AvgIpc) is 2.25. The number of likely N-dealkylation sites (tertiary alicyclic amines) is 1. The van der Waals surface area contributed by atoms with Crippen molar-refractivity contribution in [1.82, 2.24) is 10.2 Å². The molecule has 17 heavy (non-hydrogen) atoms. The van der Waals surface area contributed by atoms with Gasteiger partial charge in [-0.1, -0.05) is 20.8 Å². The van der Waals surface area contributed by atoms with Gasteiger partial charge in [0, 0.05) is 25.7 Å². The Morgan fingerprint density at radius 3 is 2.76 bits per heavy atom. The number of aliphatic hydroxyl groups excluding tert-OH is 1. The van der Waals surface area contributed by atoms with Gasteiger partial charge in [-0.15, -0.1) is 0 Å². The summed E-state index contributed by atoms with van der Waals surface area (Å²) in [6, 6.07) is 0.453. The Balaban J connectivity index is 2.37. The minimum atomic E-state index is 0.290. The molecule has 0 amide bonds. The van der Waals surface area contributed by atoms with Crippen LogP contribution >= 0.6 is 0 Å². The summed E-state index contributed by atoms with van der Waals surface area (Å²) in [5.41, 5.74) is 0.465. The van der Waals surface area contributed by atoms with Crippen LogP contribution in [0.4, 0.5) is 0 Å². The van der Waals surface area contributed by atoms with Gasteiger partial charge in [-0.25, -0.2) is 0 Å². The lowest BCUT2D eigenvalue weighted by atomic mass is 9.84. The van der Waals surface area contributed by atoms with Crippen LogP contribution in [0.2, 0.25) is 0 Å². The number of aliphatic hydroxyl groups is 1. The molecule has 0 aromatic rings. The van der Waals surface area contributed by atoms with Gasteiger partial charge < -0.3 is 15.3 Å². The van der Waals surface area contributed by atoms with E-state index in [1.165, 1.54) is 25.9 Å². The van der Waals surface area contributed by atoms with Crippen LogP contribution in [0.25, 0.3) is 0 Å². The van der Waals surface area contributed by atoms with Crippen LogP contribution in [0.5, 0.6) is 0 Å². The fraction of sp³-hybridized carbons (Fsp3) is 1.00. The molecule has 0 spiro atoms. The molecular formula is C14H30N2O. The number of piperidine rings is 1. The van der Waals surface area contributed by atoms with Crippen molar-refractivity contribution in [2.24, 2.45) is 5.41 Å². The van der Waals surface area contributed by atoms with Crippen molar-refractivity contribution >= 4 is 0 Å². The maximum atomic E-state index is 9.11. The van der Waals surface area contributed by atoms with E-state index in [2.05, 4.69) is 31.0 Å². The van der Waals surface area contributed by atoms with Gasteiger partial charge in [0.25, 0.3) is 0 Å². The van der Waals surface area contributed by atoms with Crippen LogP contribution in [-0.4, -0.2) is 48.8 Å². The van der Waals surface area contributed by atoms with E-state index in [1.54, 1.807) is 0 Å². The van der Waals surface area contributed by atoms with Crippen molar-refractivity contribution in [3.8, 4) is 0 Å². The van der Waals surface area contributed by atoms with Gasteiger partial charge in [-0.05, 0) is 44.2 Å². The van der Waals surface area contributed by atoms with E-state index in [0.29, 0.717) is 18.1 Å². The third-order valence-electron chi connectivity index (χ3n) is 3.62. The highest BCUT2D eigenvalue weighted by molar-refractivity contribution is 4.82. The van der Waals surface area contributed by atoms with Crippen LogP contribution in [-0.2, 0) is 0 Å². The molecule has 1 fully saturated rings. The molecule has 2 N–H and O–H groups in total. The van der Waals surface area contributed by atoms with Gasteiger partial charge >= 0.3 is 0 Å². The predicted octanol–water partition coefficient (Wildman–Crippen LogP) is 1.86. The Morgan fingerprint density at radius 2 is 2.18 bits per heavy atom. The van der Waals surface area contributed by atoms with Gasteiger partial charge in [-0.2, -0.15) is 0 Å². The standard InChI is InChI=1S/C14H30N2O/c1-4-8-15-13(6-10-17)11-16-9-5-7-14(2,3)12-16/h13,15,17H,4-12H2,1-3H3. The molecule has 1 unspecified atom stereocenters. The molecule has 1 heterocycles. The Morgan fingerprint density at radius 1 is 1.41 bits per heavy atom. The smallest absolute Gasteiger partial charge is 0.0446 e. The molecule has 0 saturated carbocycles. The Kier molecular flexibility index (Phi) is 6.45. The lowest BCUT2D eigenvalue weighted by Gasteiger charge is -2.39. The summed E-state index contributed by atoms with van der Waals surface area (Å²) in [4.78, 5) is 2.56. The number of nitrogens with one attached hydrogen (secondary N) is 1. The monoisotopic (exact) mass is 242 g/mol. The molecule has 1 aliphatic heterocycles. The molecule has 1 saturated heterocycles. The quantitative estimate of drug-likeness (QED) is 0.715. The molecular weight excluding hydrogens is 212 g/mol. The minimum absolute atomic E-state index is 0.290. The maximum Gasteiger partial charge on any atom is 0.0446 e. The van der Waals surface area contributed by atoms with E-state index < -0.39 is 0 Å². The van der Waals surface area contributed by atoms with Crippen molar-refractivity contribution in [2.45, 2.75) is 52.5 Å². The molecule has 1 aliphatic rings. The van der Waals surface area contributed by atoms with Gasteiger partial charge in [-0.3, -0.25) is 0 Å². The molecule has 102 valence electrons. The Hall–Kier alpha value is -0.120. The van der Waals surface area contributed by atoms with Crippen LogP contribution < -0.4 is 5.32 Å². The van der Waals surface area contributed by atoms with Gasteiger partial charge in [0.2, 0.25) is 0 Å². The van der Waals surface area contributed by atoms with Crippen molar-refractivity contribution in [2.75, 3.05) is 32.8 Å². The summed E-state index contributed by atoms with van der Waals surface area (Å²) < 4.78 is 0. The zero-order chi connectivity index (χ0) is 12.7. The molecule has 3 heteroatoms. The molecule has 0 radical (unpaired) electrons. The van der Waals surface area contributed by atoms with E-state index >= 15 is 0 Å². The molecule has 0 aromatic heterocycles. The van der Waals surface area contributed by atoms with Gasteiger partial charge in [0.1, 0.15) is 0 Å². The largest absolute Gasteiger partial charge is 0.396 e. The SMILES string of the molecule is CCCNC(CCO)CN1CCCC(C)(C)C1. The van der Waals surface area contributed by atoms with E-state index in [1.807, 2.05) is 0 Å². The van der Waals surface area contributed by atoms with Crippen LogP contribution in [0.3, 0.4) is 0 Å².